The molecule has 1 atom stereocenters. The average molecular weight is 270 g/mol. The lowest BCUT2D eigenvalue weighted by Gasteiger charge is -2.19. The number of ether oxygens (including phenoxy) is 1. The minimum Gasteiger partial charge on any atom is -0.496 e. The van der Waals surface area contributed by atoms with Crippen molar-refractivity contribution in [2.45, 2.75) is 25.8 Å². The number of nitrogens with one attached hydrogen (secondary N) is 1. The van der Waals surface area contributed by atoms with Crippen LogP contribution in [0, 0.1) is 5.82 Å². The minimum atomic E-state index is -0.305. The Hall–Kier alpha value is -1.06. The van der Waals surface area contributed by atoms with Crippen LogP contribution < -0.4 is 5.32 Å². The first-order valence-corrected chi connectivity index (χ1v) is 6.58. The van der Waals surface area contributed by atoms with Crippen LogP contribution in [0.25, 0.3) is 0 Å². The van der Waals surface area contributed by atoms with E-state index in [1.54, 1.807) is 6.07 Å². The lowest BCUT2D eigenvalue weighted by molar-refractivity contribution is 0.215. The van der Waals surface area contributed by atoms with Crippen molar-refractivity contribution in [2.24, 2.45) is 0 Å². The van der Waals surface area contributed by atoms with Crippen molar-refractivity contribution in [2.75, 3.05) is 13.2 Å². The zero-order valence-corrected chi connectivity index (χ0v) is 11.1. The molecule has 0 saturated carbocycles. The smallest absolute Gasteiger partial charge is 0.124 e. The van der Waals surface area contributed by atoms with E-state index in [0.717, 1.165) is 30.9 Å². The Morgan fingerprint density at radius 3 is 2.94 bits per heavy atom. The molecule has 1 N–H and O–H groups in total. The molecular formula is C14H17ClFNO. The zero-order valence-electron chi connectivity index (χ0n) is 10.4. The Kier molecular flexibility index (Phi) is 4.61. The molecule has 4 heteroatoms. The first-order valence-electron chi connectivity index (χ1n) is 6.21. The normalized spacial score (nSPS) is 16.3. The third-order valence-corrected chi connectivity index (χ3v) is 3.32. The third kappa shape index (κ3) is 3.24. The van der Waals surface area contributed by atoms with E-state index in [4.69, 9.17) is 16.3 Å². The topological polar surface area (TPSA) is 21.3 Å². The lowest BCUT2D eigenvalue weighted by Crippen LogP contribution is -2.33. The first kappa shape index (κ1) is 13.4. The Bertz CT molecular complexity index is 447. The van der Waals surface area contributed by atoms with Gasteiger partial charge in [0, 0.05) is 11.4 Å². The van der Waals surface area contributed by atoms with Crippen molar-refractivity contribution in [3.8, 4) is 0 Å². The lowest BCUT2D eigenvalue weighted by atomic mass is 10.0. The van der Waals surface area contributed by atoms with Gasteiger partial charge in [-0.1, -0.05) is 24.6 Å². The molecule has 98 valence electrons. The minimum absolute atomic E-state index is 0.112. The first-order chi connectivity index (χ1) is 8.70. The van der Waals surface area contributed by atoms with Crippen LogP contribution in [-0.2, 0) is 11.2 Å². The van der Waals surface area contributed by atoms with Crippen LogP contribution in [-0.4, -0.2) is 19.2 Å². The Morgan fingerprint density at radius 2 is 2.33 bits per heavy atom. The van der Waals surface area contributed by atoms with E-state index in [9.17, 15) is 4.39 Å². The van der Waals surface area contributed by atoms with Gasteiger partial charge < -0.3 is 10.1 Å². The Labute approximate surface area is 112 Å². The maximum atomic E-state index is 13.0. The summed E-state index contributed by atoms with van der Waals surface area (Å²) in [7, 11) is 0. The fourth-order valence-corrected chi connectivity index (χ4v) is 2.35. The second kappa shape index (κ2) is 6.21. The molecule has 18 heavy (non-hydrogen) atoms. The van der Waals surface area contributed by atoms with E-state index in [-0.39, 0.29) is 11.9 Å². The predicted octanol–water partition coefficient (Wildman–Crippen LogP) is 3.30. The molecule has 1 aromatic rings. The highest BCUT2D eigenvalue weighted by Crippen LogP contribution is 2.22. The van der Waals surface area contributed by atoms with Crippen molar-refractivity contribution in [1.82, 2.24) is 5.32 Å². The van der Waals surface area contributed by atoms with Gasteiger partial charge in [0.15, 0.2) is 0 Å². The largest absolute Gasteiger partial charge is 0.496 e. The summed E-state index contributed by atoms with van der Waals surface area (Å²) in [5.74, 6) is 0.664. The summed E-state index contributed by atoms with van der Waals surface area (Å²) in [5, 5.41) is 3.84. The van der Waals surface area contributed by atoms with Gasteiger partial charge in [-0.2, -0.15) is 0 Å². The molecule has 0 fully saturated rings. The van der Waals surface area contributed by atoms with Gasteiger partial charge in [-0.15, -0.1) is 0 Å². The summed E-state index contributed by atoms with van der Waals surface area (Å²) in [6, 6.07) is 4.63. The maximum absolute atomic E-state index is 13.0. The molecule has 0 spiro atoms. The number of likely N-dealkylation sites (N-methyl/N-ethyl adjacent to an activating group) is 1. The quantitative estimate of drug-likeness (QED) is 0.886. The molecule has 2 nitrogen and oxygen atoms in total. The maximum Gasteiger partial charge on any atom is 0.124 e. The van der Waals surface area contributed by atoms with Gasteiger partial charge in [0.05, 0.1) is 12.6 Å². The summed E-state index contributed by atoms with van der Waals surface area (Å²) in [6.45, 7) is 3.65. The van der Waals surface area contributed by atoms with Crippen molar-refractivity contribution >= 4 is 11.6 Å². The molecule has 1 heterocycles. The highest BCUT2D eigenvalue weighted by molar-refractivity contribution is 6.31. The van der Waals surface area contributed by atoms with Crippen LogP contribution in [0.15, 0.2) is 30.0 Å². The molecule has 0 aliphatic carbocycles. The molecule has 1 unspecified atom stereocenters. The number of rotatable bonds is 5. The Balaban J connectivity index is 2.12. The van der Waals surface area contributed by atoms with E-state index < -0.39 is 0 Å². The van der Waals surface area contributed by atoms with Crippen molar-refractivity contribution in [3.63, 3.8) is 0 Å². The fraction of sp³-hybridized carbons (Fsp3) is 0.429. The number of hydrogen-bond donors (Lipinski definition) is 1. The van der Waals surface area contributed by atoms with Gasteiger partial charge in [0.2, 0.25) is 0 Å². The second-order valence-corrected chi connectivity index (χ2v) is 4.70. The van der Waals surface area contributed by atoms with Gasteiger partial charge in [0.1, 0.15) is 11.6 Å². The van der Waals surface area contributed by atoms with Crippen molar-refractivity contribution < 1.29 is 9.13 Å². The van der Waals surface area contributed by atoms with Gasteiger partial charge >= 0.3 is 0 Å². The standard InChI is InChI=1S/C14H17ClFNO/c1-2-17-13(14-4-3-7-18-14)8-10-5-6-11(16)9-12(10)15/h4-6,9,13,17H,2-3,7-8H2,1H3. The second-order valence-electron chi connectivity index (χ2n) is 4.29. The van der Waals surface area contributed by atoms with Gasteiger partial charge in [-0.25, -0.2) is 4.39 Å². The summed E-state index contributed by atoms with van der Waals surface area (Å²) >= 11 is 6.05. The van der Waals surface area contributed by atoms with Crippen LogP contribution >= 0.6 is 11.6 Å². The van der Waals surface area contributed by atoms with Crippen LogP contribution in [0.2, 0.25) is 5.02 Å². The molecule has 1 aliphatic heterocycles. The van der Waals surface area contributed by atoms with E-state index in [0.29, 0.717) is 11.4 Å². The van der Waals surface area contributed by atoms with Crippen molar-refractivity contribution in [3.05, 3.63) is 46.4 Å². The average Bonchev–Trinajstić information content (AvgIpc) is 2.85. The number of benzene rings is 1. The van der Waals surface area contributed by atoms with Crippen molar-refractivity contribution in [1.29, 1.82) is 0 Å². The molecule has 0 aromatic heterocycles. The molecule has 1 aromatic carbocycles. The molecule has 0 saturated heterocycles. The summed E-state index contributed by atoms with van der Waals surface area (Å²) < 4.78 is 18.6. The van der Waals surface area contributed by atoms with E-state index in [2.05, 4.69) is 18.3 Å². The van der Waals surface area contributed by atoms with Gasteiger partial charge in [-0.3, -0.25) is 0 Å². The van der Waals surface area contributed by atoms with Crippen LogP contribution in [0.3, 0.4) is 0 Å². The summed E-state index contributed by atoms with van der Waals surface area (Å²) in [6.07, 6.45) is 3.76. The van der Waals surface area contributed by atoms with Gasteiger partial charge in [0.25, 0.3) is 0 Å². The number of halogens is 2. The SMILES string of the molecule is CCNC(Cc1ccc(F)cc1Cl)C1=CCCO1. The van der Waals surface area contributed by atoms with E-state index >= 15 is 0 Å². The Morgan fingerprint density at radius 1 is 1.50 bits per heavy atom. The molecule has 0 amide bonds. The van der Waals surface area contributed by atoms with E-state index in [1.807, 2.05) is 0 Å². The highest BCUT2D eigenvalue weighted by atomic mass is 35.5. The highest BCUT2D eigenvalue weighted by Gasteiger charge is 2.19. The van der Waals surface area contributed by atoms with Gasteiger partial charge in [-0.05, 0) is 36.7 Å². The summed E-state index contributed by atoms with van der Waals surface area (Å²) in [5.41, 5.74) is 0.931. The van der Waals surface area contributed by atoms with Crippen LogP contribution in [0.4, 0.5) is 4.39 Å². The predicted molar refractivity (Wildman–Crippen MR) is 71.2 cm³/mol. The summed E-state index contributed by atoms with van der Waals surface area (Å²) in [4.78, 5) is 0. The molecular weight excluding hydrogens is 253 g/mol. The fourth-order valence-electron chi connectivity index (χ4n) is 2.11. The zero-order chi connectivity index (χ0) is 13.0. The third-order valence-electron chi connectivity index (χ3n) is 2.97. The van der Waals surface area contributed by atoms with Crippen LogP contribution in [0.5, 0.6) is 0 Å². The monoisotopic (exact) mass is 269 g/mol. The van der Waals surface area contributed by atoms with Crippen LogP contribution in [0.1, 0.15) is 18.9 Å². The molecule has 0 bridgehead atoms. The molecule has 0 radical (unpaired) electrons. The molecule has 2 rings (SSSR count). The molecule has 1 aliphatic rings. The number of hydrogen-bond acceptors (Lipinski definition) is 2. The van der Waals surface area contributed by atoms with E-state index in [1.165, 1.54) is 12.1 Å².